The van der Waals surface area contributed by atoms with Crippen LogP contribution < -0.4 is 0 Å². The Morgan fingerprint density at radius 3 is 2.56 bits per heavy atom. The molecular weight excluding hydrogens is 346 g/mol. The number of piperidine rings is 1. The topological polar surface area (TPSA) is 92.4 Å². The van der Waals surface area contributed by atoms with Gasteiger partial charge in [0.1, 0.15) is 11.5 Å². The van der Waals surface area contributed by atoms with Gasteiger partial charge >= 0.3 is 0 Å². The van der Waals surface area contributed by atoms with E-state index in [1.54, 1.807) is 11.9 Å². The van der Waals surface area contributed by atoms with Crippen LogP contribution in [0.5, 0.6) is 0 Å². The molecule has 0 bridgehead atoms. The molecule has 4 rings (SSSR count). The van der Waals surface area contributed by atoms with E-state index in [0.29, 0.717) is 31.2 Å². The summed E-state index contributed by atoms with van der Waals surface area (Å²) in [5.74, 6) is 0.781. The first-order chi connectivity index (χ1) is 13.1. The van der Waals surface area contributed by atoms with Gasteiger partial charge < -0.3 is 14.3 Å². The summed E-state index contributed by atoms with van der Waals surface area (Å²) in [6.45, 7) is 1.69. The summed E-state index contributed by atoms with van der Waals surface area (Å²) in [5.41, 5.74) is 0.900. The number of hydrogen-bond acceptors (Lipinski definition) is 6. The molecule has 142 valence electrons. The van der Waals surface area contributed by atoms with Crippen molar-refractivity contribution in [2.24, 2.45) is 0 Å². The van der Waals surface area contributed by atoms with E-state index >= 15 is 0 Å². The van der Waals surface area contributed by atoms with Crippen LogP contribution in [0.25, 0.3) is 0 Å². The van der Waals surface area contributed by atoms with E-state index in [-0.39, 0.29) is 23.2 Å². The second-order valence-corrected chi connectivity index (χ2v) is 7.26. The zero-order chi connectivity index (χ0) is 18.8. The molecule has 0 unspecified atom stereocenters. The zero-order valence-corrected chi connectivity index (χ0v) is 15.4. The van der Waals surface area contributed by atoms with Crippen LogP contribution in [0.2, 0.25) is 0 Å². The van der Waals surface area contributed by atoms with Crippen molar-refractivity contribution in [2.75, 3.05) is 20.1 Å². The standard InChI is InChI=1S/C19H23N5O3/c1-23(12-14-11-15(27-22-14)13-5-6-13)18(25)16-17(21-8-7-20-16)19(26)24-9-3-2-4-10-24/h7-8,11,13H,2-6,9-10,12H2,1H3. The van der Waals surface area contributed by atoms with Crippen molar-refractivity contribution in [1.29, 1.82) is 0 Å². The molecule has 0 spiro atoms. The average Bonchev–Trinajstić information content (AvgIpc) is 3.47. The summed E-state index contributed by atoms with van der Waals surface area (Å²) in [7, 11) is 1.66. The molecule has 2 aromatic rings. The fraction of sp³-hybridized carbons (Fsp3) is 0.526. The summed E-state index contributed by atoms with van der Waals surface area (Å²) in [5, 5.41) is 4.04. The zero-order valence-electron chi connectivity index (χ0n) is 15.4. The lowest BCUT2D eigenvalue weighted by molar-refractivity contribution is 0.0695. The summed E-state index contributed by atoms with van der Waals surface area (Å²) >= 11 is 0. The van der Waals surface area contributed by atoms with Crippen LogP contribution in [-0.4, -0.2) is 56.9 Å². The Labute approximate surface area is 157 Å². The second kappa shape index (κ2) is 7.46. The molecule has 0 aromatic carbocycles. The SMILES string of the molecule is CN(Cc1cc(C2CC2)on1)C(=O)c1nccnc1C(=O)N1CCCCC1. The van der Waals surface area contributed by atoms with Gasteiger partial charge in [0.05, 0.1) is 6.54 Å². The maximum atomic E-state index is 12.9. The molecule has 27 heavy (non-hydrogen) atoms. The Hall–Kier alpha value is -2.77. The van der Waals surface area contributed by atoms with Crippen LogP contribution in [-0.2, 0) is 6.54 Å². The number of likely N-dealkylation sites (tertiary alicyclic amines) is 1. The Morgan fingerprint density at radius 2 is 1.85 bits per heavy atom. The van der Waals surface area contributed by atoms with Gasteiger partial charge in [-0.25, -0.2) is 9.97 Å². The van der Waals surface area contributed by atoms with Crippen molar-refractivity contribution in [2.45, 2.75) is 44.6 Å². The molecule has 0 N–H and O–H groups in total. The predicted octanol–water partition coefficient (Wildman–Crippen LogP) is 2.24. The van der Waals surface area contributed by atoms with Gasteiger partial charge in [0.25, 0.3) is 11.8 Å². The number of amides is 2. The number of hydrogen-bond donors (Lipinski definition) is 0. The summed E-state index contributed by atoms with van der Waals surface area (Å²) in [4.78, 5) is 37.3. The monoisotopic (exact) mass is 369 g/mol. The van der Waals surface area contributed by atoms with Gasteiger partial charge in [0.2, 0.25) is 0 Å². The molecule has 1 aliphatic heterocycles. The van der Waals surface area contributed by atoms with E-state index in [0.717, 1.165) is 37.9 Å². The second-order valence-electron chi connectivity index (χ2n) is 7.26. The van der Waals surface area contributed by atoms with E-state index in [1.165, 1.54) is 17.3 Å². The lowest BCUT2D eigenvalue weighted by Gasteiger charge is -2.27. The third kappa shape index (κ3) is 3.84. The largest absolute Gasteiger partial charge is 0.361 e. The Morgan fingerprint density at radius 1 is 1.15 bits per heavy atom. The maximum Gasteiger partial charge on any atom is 0.275 e. The van der Waals surface area contributed by atoms with Gasteiger partial charge in [-0.2, -0.15) is 0 Å². The van der Waals surface area contributed by atoms with Gasteiger partial charge in [0.15, 0.2) is 11.4 Å². The molecule has 8 nitrogen and oxygen atoms in total. The highest BCUT2D eigenvalue weighted by Crippen LogP contribution is 2.40. The van der Waals surface area contributed by atoms with Crippen LogP contribution in [0.3, 0.4) is 0 Å². The number of aromatic nitrogens is 3. The number of carbonyl (C=O) groups is 2. The van der Waals surface area contributed by atoms with Crippen LogP contribution >= 0.6 is 0 Å². The van der Waals surface area contributed by atoms with Gasteiger partial charge in [-0.3, -0.25) is 9.59 Å². The van der Waals surface area contributed by atoms with E-state index < -0.39 is 0 Å². The van der Waals surface area contributed by atoms with Crippen LogP contribution in [0.4, 0.5) is 0 Å². The Balaban J connectivity index is 1.49. The molecule has 1 aliphatic carbocycles. The van der Waals surface area contributed by atoms with E-state index in [4.69, 9.17) is 4.52 Å². The summed E-state index contributed by atoms with van der Waals surface area (Å²) in [6.07, 6.45) is 8.23. The molecule has 2 aliphatic rings. The van der Waals surface area contributed by atoms with Crippen molar-refractivity contribution in [3.63, 3.8) is 0 Å². The molecule has 8 heteroatoms. The fourth-order valence-electron chi connectivity index (χ4n) is 3.36. The van der Waals surface area contributed by atoms with Crippen molar-refractivity contribution in [3.8, 4) is 0 Å². The third-order valence-electron chi connectivity index (χ3n) is 5.05. The first-order valence-corrected chi connectivity index (χ1v) is 9.44. The van der Waals surface area contributed by atoms with E-state index in [1.807, 2.05) is 6.07 Å². The van der Waals surface area contributed by atoms with Crippen molar-refractivity contribution >= 4 is 11.8 Å². The van der Waals surface area contributed by atoms with E-state index in [9.17, 15) is 9.59 Å². The number of nitrogens with zero attached hydrogens (tertiary/aromatic N) is 5. The van der Waals surface area contributed by atoms with Crippen LogP contribution in [0.1, 0.15) is 70.5 Å². The average molecular weight is 369 g/mol. The lowest BCUT2D eigenvalue weighted by atomic mass is 10.1. The normalized spacial score (nSPS) is 17.0. The summed E-state index contributed by atoms with van der Waals surface area (Å²) in [6, 6.07) is 1.90. The first kappa shape index (κ1) is 17.6. The molecule has 1 saturated heterocycles. The maximum absolute atomic E-state index is 12.9. The number of rotatable bonds is 5. The van der Waals surface area contributed by atoms with Crippen LogP contribution in [0, 0.1) is 0 Å². The minimum atomic E-state index is -0.348. The highest BCUT2D eigenvalue weighted by atomic mass is 16.5. The Kier molecular flexibility index (Phi) is 4.87. The third-order valence-corrected chi connectivity index (χ3v) is 5.05. The van der Waals surface area contributed by atoms with Gasteiger partial charge in [-0.15, -0.1) is 0 Å². The molecule has 3 heterocycles. The molecule has 0 radical (unpaired) electrons. The highest BCUT2D eigenvalue weighted by Gasteiger charge is 2.29. The van der Waals surface area contributed by atoms with Crippen molar-refractivity contribution in [1.82, 2.24) is 24.9 Å². The predicted molar refractivity (Wildman–Crippen MR) is 96.1 cm³/mol. The number of carbonyl (C=O) groups excluding carboxylic acids is 2. The lowest BCUT2D eigenvalue weighted by Crippen LogP contribution is -2.38. The molecule has 1 saturated carbocycles. The molecule has 0 atom stereocenters. The minimum Gasteiger partial charge on any atom is -0.361 e. The van der Waals surface area contributed by atoms with Gasteiger partial charge in [-0.1, -0.05) is 5.16 Å². The smallest absolute Gasteiger partial charge is 0.275 e. The molecular formula is C19H23N5O3. The molecule has 2 fully saturated rings. The first-order valence-electron chi connectivity index (χ1n) is 9.44. The molecule has 2 amide bonds. The quantitative estimate of drug-likeness (QED) is 0.802. The van der Waals surface area contributed by atoms with Gasteiger partial charge in [-0.05, 0) is 32.1 Å². The van der Waals surface area contributed by atoms with Crippen molar-refractivity contribution in [3.05, 3.63) is 41.3 Å². The van der Waals surface area contributed by atoms with Crippen molar-refractivity contribution < 1.29 is 14.1 Å². The minimum absolute atomic E-state index is 0.0847. The Bertz CT molecular complexity index is 839. The fourth-order valence-corrected chi connectivity index (χ4v) is 3.36. The van der Waals surface area contributed by atoms with Crippen LogP contribution in [0.15, 0.2) is 23.0 Å². The summed E-state index contributed by atoms with van der Waals surface area (Å²) < 4.78 is 5.34. The van der Waals surface area contributed by atoms with E-state index in [2.05, 4.69) is 15.1 Å². The highest BCUT2D eigenvalue weighted by molar-refractivity contribution is 6.04. The molecule has 2 aromatic heterocycles. The van der Waals surface area contributed by atoms with Gasteiger partial charge in [0, 0.05) is 44.5 Å².